The highest BCUT2D eigenvalue weighted by Crippen LogP contribution is 2.32. The third kappa shape index (κ3) is 7.71. The van der Waals surface area contributed by atoms with Crippen molar-refractivity contribution >= 4 is 17.7 Å². The molecule has 0 aromatic rings. The Morgan fingerprint density at radius 3 is 1.25 bits per heavy atom. The van der Waals surface area contributed by atoms with Crippen molar-refractivity contribution in [3.8, 4) is 0 Å². The molecule has 3 saturated carbocycles. The van der Waals surface area contributed by atoms with Crippen LogP contribution in [0.25, 0.3) is 0 Å². The molecule has 0 saturated heterocycles. The van der Waals surface area contributed by atoms with Crippen LogP contribution in [0, 0.1) is 41.4 Å². The summed E-state index contributed by atoms with van der Waals surface area (Å²) in [6.45, 7) is 13.4. The summed E-state index contributed by atoms with van der Waals surface area (Å²) in [7, 11) is 0. The topological polar surface area (TPSA) is 87.3 Å². The van der Waals surface area contributed by atoms with Gasteiger partial charge in [0.15, 0.2) is 0 Å². The van der Waals surface area contributed by atoms with Crippen molar-refractivity contribution in [2.75, 3.05) is 0 Å². The Morgan fingerprint density at radius 2 is 0.889 bits per heavy atom. The minimum absolute atomic E-state index is 0.0735. The molecule has 3 rings (SSSR count). The molecule has 3 amide bonds. The zero-order valence-electron chi connectivity index (χ0n) is 23.8. The van der Waals surface area contributed by atoms with Crippen molar-refractivity contribution in [1.29, 1.82) is 0 Å². The second-order valence-corrected chi connectivity index (χ2v) is 12.9. The van der Waals surface area contributed by atoms with Crippen molar-refractivity contribution in [2.24, 2.45) is 41.4 Å². The van der Waals surface area contributed by atoms with E-state index in [9.17, 15) is 14.4 Å². The van der Waals surface area contributed by atoms with Crippen molar-refractivity contribution in [2.45, 2.75) is 130 Å². The maximum atomic E-state index is 13.5. The standard InChI is InChI=1S/C30H53N3O3/c1-18-10-7-13-25(21(18)4)31-28(34)16-24(30(36)33-27-15-9-12-20(3)23(27)6)17-29(35)32-26-14-8-11-19(2)22(26)5/h18-27H,7-17H2,1-6H3,(H,31,34)(H,32,35)(H,33,36). The number of amides is 3. The van der Waals surface area contributed by atoms with Gasteiger partial charge in [0.25, 0.3) is 0 Å². The number of nitrogens with one attached hydrogen (secondary N) is 3. The van der Waals surface area contributed by atoms with Gasteiger partial charge >= 0.3 is 0 Å². The van der Waals surface area contributed by atoms with Gasteiger partial charge in [0.1, 0.15) is 0 Å². The van der Waals surface area contributed by atoms with E-state index >= 15 is 0 Å². The first-order valence-electron chi connectivity index (χ1n) is 15.0. The van der Waals surface area contributed by atoms with E-state index in [2.05, 4.69) is 57.5 Å². The zero-order valence-corrected chi connectivity index (χ0v) is 23.8. The molecule has 0 radical (unpaired) electrons. The number of carbonyl (C=O) groups is 3. The quantitative estimate of drug-likeness (QED) is 0.425. The van der Waals surface area contributed by atoms with Crippen LogP contribution in [-0.2, 0) is 14.4 Å². The van der Waals surface area contributed by atoms with Gasteiger partial charge in [-0.05, 0) is 54.8 Å². The Balaban J connectivity index is 1.64. The molecule has 0 aromatic carbocycles. The van der Waals surface area contributed by atoms with E-state index in [1.54, 1.807) is 0 Å². The second kappa shape index (κ2) is 13.3. The maximum absolute atomic E-state index is 13.5. The van der Waals surface area contributed by atoms with Crippen LogP contribution in [0.5, 0.6) is 0 Å². The van der Waals surface area contributed by atoms with E-state index in [-0.39, 0.29) is 48.7 Å². The molecule has 6 heteroatoms. The summed E-state index contributed by atoms with van der Waals surface area (Å²) in [6, 6.07) is 0.429. The molecule has 0 aliphatic heterocycles. The molecule has 0 spiro atoms. The lowest BCUT2D eigenvalue weighted by atomic mass is 9.77. The first-order chi connectivity index (χ1) is 17.1. The van der Waals surface area contributed by atoms with E-state index in [4.69, 9.17) is 0 Å². The minimum atomic E-state index is -0.637. The van der Waals surface area contributed by atoms with E-state index in [1.807, 2.05) is 0 Å². The summed E-state index contributed by atoms with van der Waals surface area (Å²) < 4.78 is 0. The van der Waals surface area contributed by atoms with Gasteiger partial charge in [-0.25, -0.2) is 0 Å². The fraction of sp³-hybridized carbons (Fsp3) is 0.900. The van der Waals surface area contributed by atoms with Crippen LogP contribution in [-0.4, -0.2) is 35.8 Å². The molecule has 0 heterocycles. The molecule has 3 aliphatic rings. The van der Waals surface area contributed by atoms with Crippen LogP contribution in [0.1, 0.15) is 112 Å². The molecule has 6 nitrogen and oxygen atoms in total. The van der Waals surface area contributed by atoms with Gasteiger partial charge in [-0.15, -0.1) is 0 Å². The molecule has 9 unspecified atom stereocenters. The third-order valence-electron chi connectivity index (χ3n) is 10.4. The lowest BCUT2D eigenvalue weighted by Crippen LogP contribution is -2.49. The largest absolute Gasteiger partial charge is 0.353 e. The van der Waals surface area contributed by atoms with Gasteiger partial charge in [0.05, 0.1) is 5.92 Å². The summed E-state index contributed by atoms with van der Waals surface area (Å²) in [5.74, 6) is 2.03. The SMILES string of the molecule is CC1CCCC(NC(=O)CC(CC(=O)NC2CCCC(C)C2C)C(=O)NC2CCCC(C)C2C)C1C. The Bertz CT molecular complexity index is 714. The van der Waals surface area contributed by atoms with Crippen molar-refractivity contribution < 1.29 is 14.4 Å². The second-order valence-electron chi connectivity index (χ2n) is 12.9. The fourth-order valence-corrected chi connectivity index (χ4v) is 6.89. The normalized spacial score (nSPS) is 38.0. The van der Waals surface area contributed by atoms with Crippen LogP contribution < -0.4 is 16.0 Å². The van der Waals surface area contributed by atoms with Crippen LogP contribution in [0.2, 0.25) is 0 Å². The van der Waals surface area contributed by atoms with Gasteiger partial charge in [0.2, 0.25) is 17.7 Å². The van der Waals surface area contributed by atoms with Crippen LogP contribution in [0.3, 0.4) is 0 Å². The Morgan fingerprint density at radius 1 is 0.556 bits per heavy atom. The van der Waals surface area contributed by atoms with Gasteiger partial charge in [-0.2, -0.15) is 0 Å². The lowest BCUT2D eigenvalue weighted by molar-refractivity contribution is -0.135. The molecule has 0 aromatic heterocycles. The number of hydrogen-bond acceptors (Lipinski definition) is 3. The predicted molar refractivity (Wildman–Crippen MR) is 145 cm³/mol. The summed E-state index contributed by atoms with van der Waals surface area (Å²) >= 11 is 0. The molecule has 3 N–H and O–H groups in total. The number of hydrogen-bond donors (Lipinski definition) is 3. The monoisotopic (exact) mass is 503 g/mol. The highest BCUT2D eigenvalue weighted by molar-refractivity contribution is 5.90. The fourth-order valence-electron chi connectivity index (χ4n) is 6.89. The molecule has 3 aliphatic carbocycles. The van der Waals surface area contributed by atoms with Crippen LogP contribution in [0.15, 0.2) is 0 Å². The maximum Gasteiger partial charge on any atom is 0.224 e. The average molecular weight is 504 g/mol. The predicted octanol–water partition coefficient (Wildman–Crippen LogP) is 5.21. The minimum Gasteiger partial charge on any atom is -0.353 e. The van der Waals surface area contributed by atoms with Crippen molar-refractivity contribution in [3.63, 3.8) is 0 Å². The highest BCUT2D eigenvalue weighted by atomic mass is 16.2. The van der Waals surface area contributed by atoms with Crippen molar-refractivity contribution in [1.82, 2.24) is 16.0 Å². The van der Waals surface area contributed by atoms with Crippen LogP contribution >= 0.6 is 0 Å². The summed E-state index contributed by atoms with van der Waals surface area (Å²) in [5, 5.41) is 9.69. The zero-order chi connectivity index (χ0) is 26.4. The molecule has 36 heavy (non-hydrogen) atoms. The molecule has 3 fully saturated rings. The average Bonchev–Trinajstić information content (AvgIpc) is 2.82. The van der Waals surface area contributed by atoms with Crippen LogP contribution in [0.4, 0.5) is 0 Å². The first kappa shape index (κ1) is 29.0. The number of rotatable bonds is 8. The Labute approximate surface area is 219 Å². The Hall–Kier alpha value is -1.59. The summed E-state index contributed by atoms with van der Waals surface area (Å²) in [5.41, 5.74) is 0. The molecule has 0 bridgehead atoms. The van der Waals surface area contributed by atoms with E-state index in [0.29, 0.717) is 35.5 Å². The summed E-state index contributed by atoms with van der Waals surface area (Å²) in [4.78, 5) is 39.7. The van der Waals surface area contributed by atoms with Gasteiger partial charge in [-0.1, -0.05) is 80.1 Å². The number of carbonyl (C=O) groups excluding carboxylic acids is 3. The first-order valence-corrected chi connectivity index (χ1v) is 15.0. The molecule has 206 valence electrons. The van der Waals surface area contributed by atoms with E-state index in [0.717, 1.165) is 38.5 Å². The van der Waals surface area contributed by atoms with Crippen molar-refractivity contribution in [3.05, 3.63) is 0 Å². The highest BCUT2D eigenvalue weighted by Gasteiger charge is 2.35. The van der Waals surface area contributed by atoms with Gasteiger partial charge in [-0.3, -0.25) is 14.4 Å². The molecular weight excluding hydrogens is 450 g/mol. The van der Waals surface area contributed by atoms with E-state index < -0.39 is 5.92 Å². The molecular formula is C30H53N3O3. The summed E-state index contributed by atoms with van der Waals surface area (Å²) in [6.07, 6.45) is 10.1. The lowest BCUT2D eigenvalue weighted by Gasteiger charge is -2.36. The smallest absolute Gasteiger partial charge is 0.224 e. The molecule has 9 atom stereocenters. The van der Waals surface area contributed by atoms with Gasteiger partial charge < -0.3 is 16.0 Å². The third-order valence-corrected chi connectivity index (χ3v) is 10.4. The van der Waals surface area contributed by atoms with Gasteiger partial charge in [0, 0.05) is 31.0 Å². The van der Waals surface area contributed by atoms with E-state index in [1.165, 1.54) is 19.3 Å². The Kier molecular flexibility index (Phi) is 10.7.